The van der Waals surface area contributed by atoms with Gasteiger partial charge < -0.3 is 5.32 Å². The lowest BCUT2D eigenvalue weighted by Gasteiger charge is -2.26. The first-order chi connectivity index (χ1) is 12.0. The molecule has 0 unspecified atom stereocenters. The third-order valence-electron chi connectivity index (χ3n) is 4.19. The molecule has 0 radical (unpaired) electrons. The largest absolute Gasteiger partial charge is 0.321 e. The highest BCUT2D eigenvalue weighted by Gasteiger charge is 2.28. The van der Waals surface area contributed by atoms with Gasteiger partial charge in [0.25, 0.3) is 5.91 Å². The number of benzene rings is 2. The minimum Gasteiger partial charge on any atom is -0.321 e. The molecule has 2 aromatic rings. The van der Waals surface area contributed by atoms with E-state index in [9.17, 15) is 13.2 Å². The van der Waals surface area contributed by atoms with E-state index in [0.717, 1.165) is 19.3 Å². The topological polar surface area (TPSA) is 66.5 Å². The van der Waals surface area contributed by atoms with Crippen LogP contribution >= 0.6 is 11.6 Å². The maximum absolute atomic E-state index is 12.9. The molecule has 1 amide bonds. The third kappa shape index (κ3) is 3.86. The molecule has 1 fully saturated rings. The number of hydrogen-bond donors (Lipinski definition) is 1. The zero-order valence-corrected chi connectivity index (χ0v) is 15.2. The Labute approximate surface area is 152 Å². The number of para-hydroxylation sites is 1. The van der Waals surface area contributed by atoms with Gasteiger partial charge in [-0.2, -0.15) is 4.31 Å². The fraction of sp³-hybridized carbons (Fsp3) is 0.278. The Morgan fingerprint density at radius 3 is 2.32 bits per heavy atom. The Bertz CT molecular complexity index is 877. The summed E-state index contributed by atoms with van der Waals surface area (Å²) in [6.45, 7) is 1.02. The van der Waals surface area contributed by atoms with Gasteiger partial charge in [0.05, 0.1) is 16.3 Å². The Morgan fingerprint density at radius 2 is 1.60 bits per heavy atom. The van der Waals surface area contributed by atoms with Crippen LogP contribution in [0.3, 0.4) is 0 Å². The Kier molecular flexibility index (Phi) is 5.42. The number of rotatable bonds is 4. The van der Waals surface area contributed by atoms with Crippen LogP contribution in [0.15, 0.2) is 53.4 Å². The van der Waals surface area contributed by atoms with Gasteiger partial charge in [0.2, 0.25) is 10.0 Å². The number of sulfonamides is 1. The normalized spacial score (nSPS) is 15.7. The zero-order chi connectivity index (χ0) is 17.9. The predicted octanol–water partition coefficient (Wildman–Crippen LogP) is 3.77. The van der Waals surface area contributed by atoms with Crippen LogP contribution in [0.5, 0.6) is 0 Å². The van der Waals surface area contributed by atoms with Crippen LogP contribution in [-0.4, -0.2) is 31.7 Å². The second kappa shape index (κ2) is 7.56. The molecule has 1 saturated heterocycles. The maximum atomic E-state index is 12.9. The lowest BCUT2D eigenvalue weighted by Crippen LogP contribution is -2.36. The second-order valence-electron chi connectivity index (χ2n) is 5.89. The lowest BCUT2D eigenvalue weighted by atomic mass is 10.2. The monoisotopic (exact) mass is 378 g/mol. The molecular weight excluding hydrogens is 360 g/mol. The summed E-state index contributed by atoms with van der Waals surface area (Å²) in [5.74, 6) is -0.438. The van der Waals surface area contributed by atoms with Gasteiger partial charge in [-0.1, -0.05) is 42.3 Å². The standard InChI is InChI=1S/C18H19ClN2O3S/c19-15-9-3-2-8-14(15)18(22)20-16-10-4-5-11-17(16)25(23,24)21-12-6-1-7-13-21/h2-5,8-11H,1,6-7,12-13H2,(H,20,22). The van der Waals surface area contributed by atoms with E-state index in [0.29, 0.717) is 23.7 Å². The molecule has 0 aliphatic carbocycles. The third-order valence-corrected chi connectivity index (χ3v) is 6.47. The Hall–Kier alpha value is -1.89. The summed E-state index contributed by atoms with van der Waals surface area (Å²) in [5, 5.41) is 3.00. The molecule has 1 aliphatic heterocycles. The van der Waals surface area contributed by atoms with Crippen molar-refractivity contribution in [1.29, 1.82) is 0 Å². The maximum Gasteiger partial charge on any atom is 0.257 e. The minimum absolute atomic E-state index is 0.109. The molecule has 132 valence electrons. The van der Waals surface area contributed by atoms with E-state index in [-0.39, 0.29) is 10.6 Å². The van der Waals surface area contributed by atoms with Crippen molar-refractivity contribution in [2.75, 3.05) is 18.4 Å². The number of halogens is 1. The summed E-state index contributed by atoms with van der Waals surface area (Å²) < 4.78 is 27.4. The fourth-order valence-corrected chi connectivity index (χ4v) is 4.76. The number of carbonyl (C=O) groups excluding carboxylic acids is 1. The van der Waals surface area contributed by atoms with Crippen molar-refractivity contribution < 1.29 is 13.2 Å². The number of piperidine rings is 1. The predicted molar refractivity (Wildman–Crippen MR) is 98.5 cm³/mol. The molecule has 0 atom stereocenters. The van der Waals surface area contributed by atoms with Crippen LogP contribution in [0.1, 0.15) is 29.6 Å². The summed E-state index contributed by atoms with van der Waals surface area (Å²) in [4.78, 5) is 12.6. The first-order valence-corrected chi connectivity index (χ1v) is 9.97. The summed E-state index contributed by atoms with van der Waals surface area (Å²) in [5.41, 5.74) is 0.562. The van der Waals surface area contributed by atoms with Crippen LogP contribution in [0.4, 0.5) is 5.69 Å². The highest BCUT2D eigenvalue weighted by molar-refractivity contribution is 7.89. The van der Waals surface area contributed by atoms with E-state index in [1.807, 2.05) is 0 Å². The summed E-state index contributed by atoms with van der Waals surface area (Å²) in [6, 6.07) is 13.1. The molecule has 3 rings (SSSR count). The van der Waals surface area contributed by atoms with Crippen molar-refractivity contribution in [3.8, 4) is 0 Å². The van der Waals surface area contributed by atoms with Gasteiger partial charge >= 0.3 is 0 Å². The molecule has 1 aliphatic rings. The van der Waals surface area contributed by atoms with Gasteiger partial charge in [0.1, 0.15) is 4.90 Å². The van der Waals surface area contributed by atoms with E-state index in [1.54, 1.807) is 42.5 Å². The molecule has 0 aromatic heterocycles. The number of nitrogens with zero attached hydrogens (tertiary/aromatic N) is 1. The van der Waals surface area contributed by atoms with E-state index in [1.165, 1.54) is 10.4 Å². The molecule has 1 N–H and O–H groups in total. The first-order valence-electron chi connectivity index (χ1n) is 8.15. The smallest absolute Gasteiger partial charge is 0.257 e. The summed E-state index contributed by atoms with van der Waals surface area (Å²) in [6.07, 6.45) is 2.75. The minimum atomic E-state index is -3.64. The van der Waals surface area contributed by atoms with E-state index in [2.05, 4.69) is 5.32 Å². The van der Waals surface area contributed by atoms with Gasteiger partial charge in [-0.05, 0) is 37.1 Å². The molecule has 0 saturated carbocycles. The molecule has 2 aromatic carbocycles. The number of amides is 1. The quantitative estimate of drug-likeness (QED) is 0.880. The van der Waals surface area contributed by atoms with Gasteiger partial charge in [-0.15, -0.1) is 0 Å². The van der Waals surface area contributed by atoms with Crippen molar-refractivity contribution in [3.05, 3.63) is 59.1 Å². The number of anilines is 1. The Morgan fingerprint density at radius 1 is 0.960 bits per heavy atom. The molecule has 0 bridgehead atoms. The van der Waals surface area contributed by atoms with Crippen LogP contribution < -0.4 is 5.32 Å². The van der Waals surface area contributed by atoms with Gasteiger partial charge in [-0.25, -0.2) is 8.42 Å². The molecule has 7 heteroatoms. The highest BCUT2D eigenvalue weighted by atomic mass is 35.5. The van der Waals surface area contributed by atoms with Crippen molar-refractivity contribution >= 4 is 33.2 Å². The van der Waals surface area contributed by atoms with Crippen LogP contribution in [0.25, 0.3) is 0 Å². The van der Waals surface area contributed by atoms with Crippen molar-refractivity contribution in [2.45, 2.75) is 24.2 Å². The fourth-order valence-electron chi connectivity index (χ4n) is 2.87. The van der Waals surface area contributed by atoms with Gasteiger partial charge in [0, 0.05) is 13.1 Å². The number of nitrogens with one attached hydrogen (secondary N) is 1. The van der Waals surface area contributed by atoms with Crippen molar-refractivity contribution in [3.63, 3.8) is 0 Å². The SMILES string of the molecule is O=C(Nc1ccccc1S(=O)(=O)N1CCCCC1)c1ccccc1Cl. The molecular formula is C18H19ClN2O3S. The molecule has 1 heterocycles. The Balaban J connectivity index is 1.91. The number of carbonyl (C=O) groups is 1. The first kappa shape index (κ1) is 17.9. The summed E-state index contributed by atoms with van der Waals surface area (Å²) in [7, 11) is -3.64. The van der Waals surface area contributed by atoms with Gasteiger partial charge in [-0.3, -0.25) is 4.79 Å². The van der Waals surface area contributed by atoms with Crippen LogP contribution in [-0.2, 0) is 10.0 Å². The van der Waals surface area contributed by atoms with E-state index in [4.69, 9.17) is 11.6 Å². The highest BCUT2D eigenvalue weighted by Crippen LogP contribution is 2.27. The average molecular weight is 379 g/mol. The van der Waals surface area contributed by atoms with E-state index < -0.39 is 15.9 Å². The van der Waals surface area contributed by atoms with Crippen LogP contribution in [0, 0.1) is 0 Å². The van der Waals surface area contributed by atoms with Crippen molar-refractivity contribution in [2.24, 2.45) is 0 Å². The number of hydrogen-bond acceptors (Lipinski definition) is 3. The van der Waals surface area contributed by atoms with E-state index >= 15 is 0 Å². The lowest BCUT2D eigenvalue weighted by molar-refractivity contribution is 0.102. The van der Waals surface area contributed by atoms with Crippen LogP contribution in [0.2, 0.25) is 5.02 Å². The van der Waals surface area contributed by atoms with Gasteiger partial charge in [0.15, 0.2) is 0 Å². The second-order valence-corrected chi connectivity index (χ2v) is 8.21. The average Bonchev–Trinajstić information content (AvgIpc) is 2.63. The molecule has 0 spiro atoms. The molecule has 25 heavy (non-hydrogen) atoms. The summed E-state index contributed by atoms with van der Waals surface area (Å²) >= 11 is 6.05. The zero-order valence-electron chi connectivity index (χ0n) is 13.6. The molecule has 5 nitrogen and oxygen atoms in total. The van der Waals surface area contributed by atoms with Crippen molar-refractivity contribution in [1.82, 2.24) is 4.31 Å².